The lowest BCUT2D eigenvalue weighted by atomic mass is 10.3. The van der Waals surface area contributed by atoms with Crippen LogP contribution in [0.15, 0.2) is 24.3 Å². The van der Waals surface area contributed by atoms with Crippen LogP contribution in [0.4, 0.5) is 0 Å². The number of aliphatic hydroxyl groups excluding tert-OH is 2. The van der Waals surface area contributed by atoms with Crippen LogP contribution in [0.1, 0.15) is 0 Å². The van der Waals surface area contributed by atoms with Crippen LogP contribution >= 0.6 is 0 Å². The summed E-state index contributed by atoms with van der Waals surface area (Å²) >= 11 is 0. The molecular weight excluding hydrogens is 188 g/mol. The van der Waals surface area contributed by atoms with Crippen molar-refractivity contribution in [1.29, 1.82) is 0 Å². The Morgan fingerprint density at radius 1 is 1.50 bits per heavy atom. The summed E-state index contributed by atoms with van der Waals surface area (Å²) in [6.07, 6.45) is -1.56. The van der Waals surface area contributed by atoms with Gasteiger partial charge >= 0.3 is 5.97 Å². The van der Waals surface area contributed by atoms with E-state index in [1.54, 1.807) is 0 Å². The Morgan fingerprint density at radius 3 is 2.79 bits per heavy atom. The lowest BCUT2D eigenvalue weighted by Crippen LogP contribution is -2.28. The fraction of sp³-hybridized carbons (Fsp3) is 0.222. The van der Waals surface area contributed by atoms with Gasteiger partial charge in [0.25, 0.3) is 0 Å². The zero-order chi connectivity index (χ0) is 10.6. The van der Waals surface area contributed by atoms with Gasteiger partial charge in [0.05, 0.1) is 6.61 Å². The molecule has 0 bridgehead atoms. The van der Waals surface area contributed by atoms with Crippen molar-refractivity contribution in [3.05, 3.63) is 24.3 Å². The third-order valence-electron chi connectivity index (χ3n) is 1.48. The van der Waals surface area contributed by atoms with Crippen LogP contribution in [-0.4, -0.2) is 34.0 Å². The summed E-state index contributed by atoms with van der Waals surface area (Å²) in [7, 11) is 0. The highest BCUT2D eigenvalue weighted by molar-refractivity contribution is 5.77. The second-order valence-corrected chi connectivity index (χ2v) is 2.62. The van der Waals surface area contributed by atoms with E-state index < -0.39 is 18.7 Å². The third-order valence-corrected chi connectivity index (χ3v) is 1.48. The van der Waals surface area contributed by atoms with Crippen molar-refractivity contribution >= 4 is 5.97 Å². The molecule has 0 fully saturated rings. The Morgan fingerprint density at radius 2 is 2.21 bits per heavy atom. The molecule has 14 heavy (non-hydrogen) atoms. The fourth-order valence-electron chi connectivity index (χ4n) is 0.806. The van der Waals surface area contributed by atoms with Gasteiger partial charge in [0.15, 0.2) is 6.10 Å². The summed E-state index contributed by atoms with van der Waals surface area (Å²) in [5.74, 6) is -0.894. The monoisotopic (exact) mass is 198 g/mol. The van der Waals surface area contributed by atoms with Gasteiger partial charge in [0.1, 0.15) is 11.5 Å². The van der Waals surface area contributed by atoms with Crippen molar-refractivity contribution in [3.8, 4) is 11.5 Å². The van der Waals surface area contributed by atoms with Crippen molar-refractivity contribution < 1.29 is 24.9 Å². The summed E-state index contributed by atoms with van der Waals surface area (Å²) in [5.41, 5.74) is 0. The molecule has 0 saturated carbocycles. The molecule has 1 unspecified atom stereocenters. The number of ether oxygens (including phenoxy) is 1. The normalized spacial score (nSPS) is 12.1. The second-order valence-electron chi connectivity index (χ2n) is 2.62. The highest BCUT2D eigenvalue weighted by atomic mass is 16.6. The SMILES string of the molecule is O=C(Oc1cccc(O)c1)C(O)CO. The van der Waals surface area contributed by atoms with Crippen LogP contribution in [0, 0.1) is 0 Å². The standard InChI is InChI=1S/C9H10O5/c10-5-8(12)9(13)14-7-3-1-2-6(11)4-7/h1-4,8,10-12H,5H2. The topological polar surface area (TPSA) is 87.0 Å². The van der Waals surface area contributed by atoms with E-state index in [4.69, 9.17) is 15.3 Å². The van der Waals surface area contributed by atoms with Gasteiger partial charge in [-0.25, -0.2) is 4.79 Å². The molecule has 0 radical (unpaired) electrons. The van der Waals surface area contributed by atoms with E-state index in [1.807, 2.05) is 0 Å². The number of hydrogen-bond acceptors (Lipinski definition) is 5. The zero-order valence-electron chi connectivity index (χ0n) is 7.25. The van der Waals surface area contributed by atoms with Crippen molar-refractivity contribution in [2.24, 2.45) is 0 Å². The molecule has 0 aliphatic carbocycles. The molecule has 0 aliphatic heterocycles. The molecule has 1 atom stereocenters. The Bertz CT molecular complexity index is 323. The molecule has 1 aromatic rings. The van der Waals surface area contributed by atoms with Gasteiger partial charge in [0, 0.05) is 6.07 Å². The van der Waals surface area contributed by atoms with E-state index in [0.717, 1.165) is 0 Å². The number of aliphatic hydroxyl groups is 2. The Kier molecular flexibility index (Phi) is 3.44. The van der Waals surface area contributed by atoms with Gasteiger partial charge in [-0.2, -0.15) is 0 Å². The van der Waals surface area contributed by atoms with Gasteiger partial charge in [-0.15, -0.1) is 0 Å². The first-order chi connectivity index (χ1) is 6.63. The minimum absolute atomic E-state index is 0.0474. The summed E-state index contributed by atoms with van der Waals surface area (Å²) in [4.78, 5) is 10.9. The molecule has 0 heterocycles. The third kappa shape index (κ3) is 2.72. The smallest absolute Gasteiger partial charge is 0.342 e. The van der Waals surface area contributed by atoms with Gasteiger partial charge in [-0.3, -0.25) is 0 Å². The van der Waals surface area contributed by atoms with Crippen LogP contribution in [0.5, 0.6) is 11.5 Å². The Labute approximate surface area is 80.2 Å². The number of hydrogen-bond donors (Lipinski definition) is 3. The number of carbonyl (C=O) groups is 1. The Balaban J connectivity index is 2.65. The lowest BCUT2D eigenvalue weighted by Gasteiger charge is -2.07. The number of rotatable bonds is 3. The quantitative estimate of drug-likeness (QED) is 0.456. The molecular formula is C9H10O5. The zero-order valence-corrected chi connectivity index (χ0v) is 7.25. The largest absolute Gasteiger partial charge is 0.508 e. The summed E-state index contributed by atoms with van der Waals surface area (Å²) < 4.78 is 4.64. The highest BCUT2D eigenvalue weighted by Gasteiger charge is 2.15. The average Bonchev–Trinajstić information content (AvgIpc) is 2.16. The predicted molar refractivity (Wildman–Crippen MR) is 46.8 cm³/mol. The highest BCUT2D eigenvalue weighted by Crippen LogP contribution is 2.17. The van der Waals surface area contributed by atoms with Crippen LogP contribution in [0.3, 0.4) is 0 Å². The van der Waals surface area contributed by atoms with Gasteiger partial charge in [-0.1, -0.05) is 6.07 Å². The number of esters is 1. The minimum atomic E-state index is -1.56. The molecule has 5 heteroatoms. The maximum absolute atomic E-state index is 10.9. The first kappa shape index (κ1) is 10.5. The van der Waals surface area contributed by atoms with Crippen molar-refractivity contribution in [2.45, 2.75) is 6.10 Å². The number of phenolic OH excluding ortho intramolecular Hbond substituents is 1. The van der Waals surface area contributed by atoms with E-state index in [1.165, 1.54) is 24.3 Å². The van der Waals surface area contributed by atoms with Crippen molar-refractivity contribution in [1.82, 2.24) is 0 Å². The molecule has 76 valence electrons. The van der Waals surface area contributed by atoms with E-state index in [0.29, 0.717) is 0 Å². The molecule has 0 amide bonds. The summed E-state index contributed by atoms with van der Waals surface area (Å²) in [6.45, 7) is -0.697. The first-order valence-corrected chi connectivity index (χ1v) is 3.93. The molecule has 0 saturated heterocycles. The Hall–Kier alpha value is -1.59. The fourth-order valence-corrected chi connectivity index (χ4v) is 0.806. The van der Waals surface area contributed by atoms with Crippen molar-refractivity contribution in [2.75, 3.05) is 6.61 Å². The predicted octanol–water partition coefficient (Wildman–Crippen LogP) is -0.349. The molecule has 1 aromatic carbocycles. The number of carbonyl (C=O) groups excluding carboxylic acids is 1. The van der Waals surface area contributed by atoms with Crippen LogP contribution < -0.4 is 4.74 Å². The minimum Gasteiger partial charge on any atom is -0.508 e. The maximum atomic E-state index is 10.9. The van der Waals surface area contributed by atoms with Crippen LogP contribution in [-0.2, 0) is 4.79 Å². The van der Waals surface area contributed by atoms with E-state index in [-0.39, 0.29) is 11.5 Å². The summed E-state index contributed by atoms with van der Waals surface area (Å²) in [6, 6.07) is 5.58. The van der Waals surface area contributed by atoms with Gasteiger partial charge in [0.2, 0.25) is 0 Å². The van der Waals surface area contributed by atoms with Crippen LogP contribution in [0.2, 0.25) is 0 Å². The molecule has 3 N–H and O–H groups in total. The number of aromatic hydroxyl groups is 1. The number of benzene rings is 1. The first-order valence-electron chi connectivity index (χ1n) is 3.93. The molecule has 0 aromatic heterocycles. The van der Waals surface area contributed by atoms with E-state index >= 15 is 0 Å². The van der Waals surface area contributed by atoms with Crippen molar-refractivity contribution in [3.63, 3.8) is 0 Å². The van der Waals surface area contributed by atoms with E-state index in [2.05, 4.69) is 4.74 Å². The molecule has 5 nitrogen and oxygen atoms in total. The summed E-state index contributed by atoms with van der Waals surface area (Å²) in [5, 5.41) is 26.3. The average molecular weight is 198 g/mol. The van der Waals surface area contributed by atoms with Crippen LogP contribution in [0.25, 0.3) is 0 Å². The molecule has 1 rings (SSSR count). The second kappa shape index (κ2) is 4.59. The lowest BCUT2D eigenvalue weighted by molar-refractivity contribution is -0.145. The van der Waals surface area contributed by atoms with Gasteiger partial charge in [-0.05, 0) is 12.1 Å². The van der Waals surface area contributed by atoms with Gasteiger partial charge < -0.3 is 20.1 Å². The maximum Gasteiger partial charge on any atom is 0.342 e. The number of phenols is 1. The molecule has 0 spiro atoms. The van der Waals surface area contributed by atoms with E-state index in [9.17, 15) is 4.79 Å². The molecule has 0 aliphatic rings.